The number of halogens is 2. The first-order valence-electron chi connectivity index (χ1n) is 12.4. The molecule has 37 heavy (non-hydrogen) atoms. The highest BCUT2D eigenvalue weighted by Crippen LogP contribution is 2.27. The van der Waals surface area contributed by atoms with Crippen LogP contribution in [0.15, 0.2) is 48.5 Å². The van der Waals surface area contributed by atoms with Gasteiger partial charge in [-0.2, -0.15) is 0 Å². The molecule has 2 aromatic carbocycles. The summed E-state index contributed by atoms with van der Waals surface area (Å²) >= 11 is 11.9. The number of carbonyl (C=O) groups excluding carboxylic acids is 1. The smallest absolute Gasteiger partial charge is 0.322 e. The molecular weight excluding hydrogens is 513 g/mol. The number of para-hydroxylation sites is 1. The molecule has 8 nitrogen and oxygen atoms in total. The monoisotopic (exact) mass is 549 g/mol. The molecule has 1 aromatic heterocycles. The van der Waals surface area contributed by atoms with Crippen molar-refractivity contribution < 1.29 is 14.7 Å². The van der Waals surface area contributed by atoms with E-state index in [1.54, 1.807) is 0 Å². The molecule has 0 aliphatic heterocycles. The maximum Gasteiger partial charge on any atom is 0.322 e. The van der Waals surface area contributed by atoms with Gasteiger partial charge in [0, 0.05) is 42.6 Å². The van der Waals surface area contributed by atoms with Gasteiger partial charge in [0.2, 0.25) is 5.91 Å². The average molecular weight is 551 g/mol. The van der Waals surface area contributed by atoms with Crippen molar-refractivity contribution in [3.05, 3.63) is 54.4 Å². The Balaban J connectivity index is 0.00000112. The number of aryl methyl sites for hydroxylation is 1. The molecule has 1 amide bonds. The number of rotatable bonds is 12. The van der Waals surface area contributed by atoms with Crippen LogP contribution in [-0.4, -0.2) is 64.0 Å². The quantitative estimate of drug-likeness (QED) is 0.288. The number of hydrogen-bond acceptors (Lipinski definition) is 5. The molecular formula is C27H37Cl2N5O3. The van der Waals surface area contributed by atoms with Crippen LogP contribution in [0.1, 0.15) is 33.0 Å². The van der Waals surface area contributed by atoms with Crippen molar-refractivity contribution in [3.8, 4) is 5.69 Å². The summed E-state index contributed by atoms with van der Waals surface area (Å²) in [5.74, 6) is 0.950. The highest BCUT2D eigenvalue weighted by molar-refractivity contribution is 6.18. The molecule has 1 heterocycles. The van der Waals surface area contributed by atoms with Crippen molar-refractivity contribution in [2.75, 3.05) is 36.3 Å². The Bertz CT molecular complexity index is 1130. The van der Waals surface area contributed by atoms with Crippen LogP contribution in [0.3, 0.4) is 0 Å². The van der Waals surface area contributed by atoms with Gasteiger partial charge in [-0.15, -0.1) is 23.2 Å². The summed E-state index contributed by atoms with van der Waals surface area (Å²) < 4.78 is 2.05. The second-order valence-corrected chi connectivity index (χ2v) is 9.98. The number of nitrogens with one attached hydrogen (secondary N) is 1. The van der Waals surface area contributed by atoms with Crippen LogP contribution in [0.5, 0.6) is 0 Å². The minimum Gasteiger partial charge on any atom is -0.480 e. The van der Waals surface area contributed by atoms with Crippen LogP contribution in [0.4, 0.5) is 5.69 Å². The van der Waals surface area contributed by atoms with E-state index < -0.39 is 24.5 Å². The van der Waals surface area contributed by atoms with Gasteiger partial charge in [0.15, 0.2) is 0 Å². The van der Waals surface area contributed by atoms with Gasteiger partial charge < -0.3 is 21.1 Å². The number of fused-ring (bicyclic) bond motifs is 1. The van der Waals surface area contributed by atoms with E-state index in [-0.39, 0.29) is 0 Å². The topological polar surface area (TPSA) is 113 Å². The van der Waals surface area contributed by atoms with E-state index in [2.05, 4.69) is 35.6 Å². The van der Waals surface area contributed by atoms with Gasteiger partial charge in [0.05, 0.1) is 17.1 Å². The molecule has 0 bridgehead atoms. The second kappa shape index (κ2) is 15.4. The fraction of sp³-hybridized carbons (Fsp3) is 0.444. The summed E-state index contributed by atoms with van der Waals surface area (Å²) in [6, 6.07) is 15.0. The fourth-order valence-corrected chi connectivity index (χ4v) is 4.04. The Morgan fingerprint density at radius 3 is 2.27 bits per heavy atom. The standard InChI is InChI=1S/C23H27Cl2N5O3.C4H10/c24-10-12-29(13-11-25)17-6-8-20-19(14-17)28-21(30(20)16-4-2-1-3-5-16)9-7-18(26)23(33)27-15-22(31)32;1-4(2)3/h1-6,8,14,18H,7,9-13,15,26H2,(H,27,33)(H,31,32);4H,1-3H3. The van der Waals surface area contributed by atoms with Crippen molar-refractivity contribution in [1.29, 1.82) is 0 Å². The number of nitrogens with two attached hydrogens (primary N) is 1. The van der Waals surface area contributed by atoms with Gasteiger partial charge in [-0.1, -0.05) is 39.0 Å². The van der Waals surface area contributed by atoms with Gasteiger partial charge in [-0.3, -0.25) is 14.2 Å². The minimum atomic E-state index is -1.12. The highest BCUT2D eigenvalue weighted by Gasteiger charge is 2.19. The lowest BCUT2D eigenvalue weighted by atomic mass is 10.1. The molecule has 4 N–H and O–H groups in total. The van der Waals surface area contributed by atoms with E-state index in [4.69, 9.17) is 39.0 Å². The summed E-state index contributed by atoms with van der Waals surface area (Å²) in [6.07, 6.45) is 0.757. The minimum absolute atomic E-state index is 0.319. The third kappa shape index (κ3) is 9.54. The maximum absolute atomic E-state index is 12.1. The third-order valence-electron chi connectivity index (χ3n) is 5.23. The van der Waals surface area contributed by atoms with E-state index in [1.165, 1.54) is 0 Å². The Kier molecular flexibility index (Phi) is 12.7. The second-order valence-electron chi connectivity index (χ2n) is 9.23. The first-order chi connectivity index (χ1) is 17.7. The summed E-state index contributed by atoms with van der Waals surface area (Å²) in [5.41, 5.74) is 9.66. The van der Waals surface area contributed by atoms with E-state index in [0.717, 1.165) is 34.2 Å². The lowest BCUT2D eigenvalue weighted by Crippen LogP contribution is -2.42. The lowest BCUT2D eigenvalue weighted by Gasteiger charge is -2.22. The molecule has 0 saturated carbocycles. The molecule has 0 fully saturated rings. The molecule has 202 valence electrons. The van der Waals surface area contributed by atoms with Crippen LogP contribution in [-0.2, 0) is 16.0 Å². The maximum atomic E-state index is 12.1. The number of benzene rings is 2. The number of imidazole rings is 1. The van der Waals surface area contributed by atoms with Gasteiger partial charge in [-0.25, -0.2) is 4.98 Å². The molecule has 10 heteroatoms. The number of anilines is 1. The van der Waals surface area contributed by atoms with Crippen LogP contribution in [0, 0.1) is 5.92 Å². The first kappa shape index (κ1) is 30.4. The largest absolute Gasteiger partial charge is 0.480 e. The molecule has 3 aromatic rings. The van der Waals surface area contributed by atoms with Gasteiger partial charge in [0.1, 0.15) is 12.4 Å². The van der Waals surface area contributed by atoms with Gasteiger partial charge in [-0.05, 0) is 42.7 Å². The number of alkyl halides is 2. The van der Waals surface area contributed by atoms with Crippen LogP contribution in [0.25, 0.3) is 16.7 Å². The summed E-state index contributed by atoms with van der Waals surface area (Å²) in [6.45, 7) is 7.39. The number of aliphatic carboxylic acids is 1. The van der Waals surface area contributed by atoms with Crippen molar-refractivity contribution in [2.45, 2.75) is 39.7 Å². The molecule has 0 saturated heterocycles. The number of carboxylic acids is 1. The summed E-state index contributed by atoms with van der Waals surface area (Å²) in [5, 5.41) is 11.1. The molecule has 0 radical (unpaired) electrons. The molecule has 3 rings (SSSR count). The molecule has 0 spiro atoms. The van der Waals surface area contributed by atoms with Gasteiger partial charge >= 0.3 is 5.97 Å². The Morgan fingerprint density at radius 1 is 1.08 bits per heavy atom. The Morgan fingerprint density at radius 2 is 1.70 bits per heavy atom. The first-order valence-corrected chi connectivity index (χ1v) is 13.4. The fourth-order valence-electron chi connectivity index (χ4n) is 3.63. The number of amides is 1. The van der Waals surface area contributed by atoms with Crippen LogP contribution in [0.2, 0.25) is 0 Å². The predicted octanol–water partition coefficient (Wildman–Crippen LogP) is 4.43. The number of aromatic nitrogens is 2. The molecule has 1 unspecified atom stereocenters. The Hall–Kier alpha value is -2.81. The van der Waals surface area contributed by atoms with Crippen molar-refractivity contribution in [2.24, 2.45) is 11.7 Å². The van der Waals surface area contributed by atoms with Crippen molar-refractivity contribution in [3.63, 3.8) is 0 Å². The van der Waals surface area contributed by atoms with E-state index in [9.17, 15) is 9.59 Å². The molecule has 0 aliphatic carbocycles. The van der Waals surface area contributed by atoms with Gasteiger partial charge in [0.25, 0.3) is 0 Å². The average Bonchev–Trinajstić information content (AvgIpc) is 3.23. The number of hydrogen-bond donors (Lipinski definition) is 3. The lowest BCUT2D eigenvalue weighted by molar-refractivity contribution is -0.138. The van der Waals surface area contributed by atoms with Crippen LogP contribution < -0.4 is 16.0 Å². The highest BCUT2D eigenvalue weighted by atomic mass is 35.5. The van der Waals surface area contributed by atoms with E-state index >= 15 is 0 Å². The SMILES string of the molecule is CC(C)C.NC(CCc1nc2cc(N(CCCl)CCCl)ccc2n1-c1ccccc1)C(=O)NCC(=O)O. The molecule has 0 aliphatic rings. The summed E-state index contributed by atoms with van der Waals surface area (Å²) in [4.78, 5) is 29.7. The zero-order chi connectivity index (χ0) is 27.4. The number of carboxylic acid groups (broad SMARTS) is 1. The number of carbonyl (C=O) groups is 2. The van der Waals surface area contributed by atoms with E-state index in [1.807, 2.05) is 48.5 Å². The zero-order valence-corrected chi connectivity index (χ0v) is 23.2. The van der Waals surface area contributed by atoms with Crippen molar-refractivity contribution >= 4 is 51.8 Å². The molecule has 1 atom stereocenters. The van der Waals surface area contributed by atoms with Crippen LogP contribution >= 0.6 is 23.2 Å². The normalized spacial score (nSPS) is 11.6. The number of nitrogens with zero attached hydrogens (tertiary/aromatic N) is 3. The predicted molar refractivity (Wildman–Crippen MR) is 152 cm³/mol. The zero-order valence-electron chi connectivity index (χ0n) is 21.7. The summed E-state index contributed by atoms with van der Waals surface area (Å²) in [7, 11) is 0. The van der Waals surface area contributed by atoms with Crippen molar-refractivity contribution in [1.82, 2.24) is 14.9 Å². The Labute approximate surface area is 228 Å². The third-order valence-corrected chi connectivity index (χ3v) is 5.56. The van der Waals surface area contributed by atoms with E-state index in [0.29, 0.717) is 37.7 Å².